The van der Waals surface area contributed by atoms with Crippen LogP contribution in [0.15, 0.2) is 5.51 Å². The third-order valence-electron chi connectivity index (χ3n) is 4.64. The maximum Gasteiger partial charge on any atom is 0.221 e. The van der Waals surface area contributed by atoms with Crippen LogP contribution in [0.5, 0.6) is 0 Å². The molecule has 1 unspecified atom stereocenters. The van der Waals surface area contributed by atoms with Crippen molar-refractivity contribution in [2.24, 2.45) is 5.73 Å². The zero-order valence-corrected chi connectivity index (χ0v) is 13.9. The van der Waals surface area contributed by atoms with E-state index in [1.165, 1.54) is 42.7 Å². The van der Waals surface area contributed by atoms with Gasteiger partial charge in [0.1, 0.15) is 0 Å². The lowest BCUT2D eigenvalue weighted by Crippen LogP contribution is -2.46. The molecule has 1 saturated heterocycles. The highest BCUT2D eigenvalue weighted by molar-refractivity contribution is 7.09. The Bertz CT molecular complexity index is 500. The summed E-state index contributed by atoms with van der Waals surface area (Å²) in [5, 5.41) is 3.04. The average molecular weight is 322 g/mol. The van der Waals surface area contributed by atoms with Gasteiger partial charge in [-0.25, -0.2) is 4.98 Å². The van der Waals surface area contributed by atoms with Crippen LogP contribution in [0, 0.1) is 0 Å². The number of carbonyl (C=O) groups is 1. The molecule has 3 N–H and O–H groups in total. The molecular weight excluding hydrogens is 296 g/mol. The first-order chi connectivity index (χ1) is 10.8. The monoisotopic (exact) mass is 322 g/mol. The van der Waals surface area contributed by atoms with Crippen LogP contribution in [-0.4, -0.2) is 41.5 Å². The molecule has 5 nitrogen and oxygen atoms in total. The van der Waals surface area contributed by atoms with E-state index in [9.17, 15) is 4.79 Å². The largest absolute Gasteiger partial charge is 0.354 e. The van der Waals surface area contributed by atoms with Crippen molar-refractivity contribution in [3.63, 3.8) is 0 Å². The van der Waals surface area contributed by atoms with Crippen molar-refractivity contribution in [2.75, 3.05) is 19.6 Å². The Balaban J connectivity index is 1.57. The van der Waals surface area contributed by atoms with Crippen molar-refractivity contribution in [1.82, 2.24) is 15.2 Å². The van der Waals surface area contributed by atoms with Gasteiger partial charge in [-0.2, -0.15) is 0 Å². The third kappa shape index (κ3) is 4.06. The van der Waals surface area contributed by atoms with Gasteiger partial charge < -0.3 is 11.1 Å². The number of nitrogens with zero attached hydrogens (tertiary/aromatic N) is 2. The minimum Gasteiger partial charge on any atom is -0.354 e. The fourth-order valence-electron chi connectivity index (χ4n) is 3.22. The van der Waals surface area contributed by atoms with Crippen LogP contribution < -0.4 is 11.1 Å². The molecule has 0 spiro atoms. The lowest BCUT2D eigenvalue weighted by molar-refractivity contribution is -0.121. The van der Waals surface area contributed by atoms with Gasteiger partial charge in [0.25, 0.3) is 0 Å². The number of piperidine rings is 1. The molecule has 1 aromatic heterocycles. The number of nitrogens with two attached hydrogens (primary N) is 1. The molecule has 1 aliphatic heterocycles. The van der Waals surface area contributed by atoms with Crippen LogP contribution in [0.1, 0.15) is 55.0 Å². The number of hydrogen-bond acceptors (Lipinski definition) is 5. The average Bonchev–Trinajstić information content (AvgIpc) is 3.27. The van der Waals surface area contributed by atoms with Crippen molar-refractivity contribution < 1.29 is 4.79 Å². The zero-order valence-electron chi connectivity index (χ0n) is 13.1. The molecule has 1 saturated carbocycles. The highest BCUT2D eigenvalue weighted by Gasteiger charge is 2.30. The number of rotatable bonds is 7. The summed E-state index contributed by atoms with van der Waals surface area (Å²) < 4.78 is 0. The summed E-state index contributed by atoms with van der Waals surface area (Å²) >= 11 is 1.79. The summed E-state index contributed by atoms with van der Waals surface area (Å²) in [6.07, 6.45) is 6.70. The smallest absolute Gasteiger partial charge is 0.221 e. The molecule has 122 valence electrons. The molecule has 2 aliphatic rings. The molecule has 1 aromatic rings. The van der Waals surface area contributed by atoms with Gasteiger partial charge in [-0.3, -0.25) is 9.69 Å². The highest BCUT2D eigenvalue weighted by Crippen LogP contribution is 2.42. The first kappa shape index (κ1) is 15.9. The summed E-state index contributed by atoms with van der Waals surface area (Å²) in [7, 11) is 0. The summed E-state index contributed by atoms with van der Waals surface area (Å²) in [4.78, 5) is 20.2. The number of likely N-dealkylation sites (tertiary alicyclic amines) is 1. The number of hydrogen-bond donors (Lipinski definition) is 2. The van der Waals surface area contributed by atoms with Gasteiger partial charge in [0.2, 0.25) is 5.91 Å². The first-order valence-corrected chi connectivity index (χ1v) is 9.29. The van der Waals surface area contributed by atoms with Gasteiger partial charge in [-0.1, -0.05) is 6.42 Å². The minimum atomic E-state index is 0.0736. The number of nitrogens with one attached hydrogen (secondary N) is 1. The summed E-state index contributed by atoms with van der Waals surface area (Å²) in [6, 6.07) is 0.449. The molecule has 3 rings (SSSR count). The molecule has 1 atom stereocenters. The fourth-order valence-corrected chi connectivity index (χ4v) is 4.10. The lowest BCUT2D eigenvalue weighted by Gasteiger charge is -2.35. The van der Waals surface area contributed by atoms with Gasteiger partial charge in [-0.05, 0) is 32.2 Å². The number of thiazole rings is 1. The van der Waals surface area contributed by atoms with Gasteiger partial charge >= 0.3 is 0 Å². The van der Waals surface area contributed by atoms with Gasteiger partial charge in [-0.15, -0.1) is 11.3 Å². The fraction of sp³-hybridized carbons (Fsp3) is 0.750. The number of aromatic nitrogens is 1. The van der Waals surface area contributed by atoms with E-state index in [0.29, 0.717) is 24.9 Å². The standard InChI is InChI=1S/C16H26N4OS/c17-7-6-15(21)18-9-13-3-1-2-8-20(13)10-14-16(12-4-5-12)19-11-22-14/h11-13H,1-10,17H2,(H,18,21). The number of amides is 1. The van der Waals surface area contributed by atoms with Crippen LogP contribution in [-0.2, 0) is 11.3 Å². The summed E-state index contributed by atoms with van der Waals surface area (Å²) in [6.45, 7) is 3.29. The second-order valence-corrected chi connectivity index (χ2v) is 7.34. The van der Waals surface area contributed by atoms with Gasteiger partial charge in [0, 0.05) is 42.9 Å². The second kappa shape index (κ2) is 7.53. The van der Waals surface area contributed by atoms with Crippen LogP contribution in [0.25, 0.3) is 0 Å². The molecule has 0 bridgehead atoms. The zero-order chi connectivity index (χ0) is 15.4. The van der Waals surface area contributed by atoms with E-state index in [1.54, 1.807) is 11.3 Å². The lowest BCUT2D eigenvalue weighted by atomic mass is 10.0. The van der Waals surface area contributed by atoms with Crippen molar-refractivity contribution >= 4 is 17.2 Å². The van der Waals surface area contributed by atoms with E-state index in [4.69, 9.17) is 5.73 Å². The predicted octanol–water partition coefficient (Wildman–Crippen LogP) is 1.84. The second-order valence-electron chi connectivity index (χ2n) is 6.40. The Morgan fingerprint density at radius 1 is 1.41 bits per heavy atom. The van der Waals surface area contributed by atoms with Crippen molar-refractivity contribution in [3.05, 3.63) is 16.1 Å². The molecule has 0 aromatic carbocycles. The third-order valence-corrected chi connectivity index (χ3v) is 5.47. The van der Waals surface area contributed by atoms with Crippen molar-refractivity contribution in [3.8, 4) is 0 Å². The Hall–Kier alpha value is -0.980. The Morgan fingerprint density at radius 2 is 2.27 bits per heavy atom. The summed E-state index contributed by atoms with van der Waals surface area (Å²) in [5.41, 5.74) is 8.76. The SMILES string of the molecule is NCCC(=O)NCC1CCCCN1Cc1scnc1C1CC1. The molecule has 1 aliphatic carbocycles. The Morgan fingerprint density at radius 3 is 3.05 bits per heavy atom. The van der Waals surface area contributed by atoms with E-state index in [-0.39, 0.29) is 5.91 Å². The van der Waals surface area contributed by atoms with Crippen LogP contribution in [0.2, 0.25) is 0 Å². The molecule has 0 radical (unpaired) electrons. The molecule has 2 heterocycles. The molecular formula is C16H26N4OS. The van der Waals surface area contributed by atoms with E-state index < -0.39 is 0 Å². The van der Waals surface area contributed by atoms with Crippen molar-refractivity contribution in [1.29, 1.82) is 0 Å². The van der Waals surface area contributed by atoms with Crippen LogP contribution in [0.3, 0.4) is 0 Å². The summed E-state index contributed by atoms with van der Waals surface area (Å²) in [5.74, 6) is 0.790. The van der Waals surface area contributed by atoms with Gasteiger partial charge in [0.15, 0.2) is 0 Å². The van der Waals surface area contributed by atoms with E-state index in [2.05, 4.69) is 15.2 Å². The van der Waals surface area contributed by atoms with E-state index in [0.717, 1.165) is 19.6 Å². The van der Waals surface area contributed by atoms with Crippen LogP contribution >= 0.6 is 11.3 Å². The number of carbonyl (C=O) groups excluding carboxylic acids is 1. The first-order valence-electron chi connectivity index (χ1n) is 8.41. The normalized spacial score (nSPS) is 22.7. The predicted molar refractivity (Wildman–Crippen MR) is 88.8 cm³/mol. The molecule has 2 fully saturated rings. The molecule has 1 amide bonds. The molecule has 6 heteroatoms. The van der Waals surface area contributed by atoms with Gasteiger partial charge in [0.05, 0.1) is 11.2 Å². The van der Waals surface area contributed by atoms with E-state index in [1.807, 2.05) is 5.51 Å². The molecule has 22 heavy (non-hydrogen) atoms. The Kier molecular flexibility index (Phi) is 5.44. The van der Waals surface area contributed by atoms with Crippen molar-refractivity contribution in [2.45, 2.75) is 57.0 Å². The van der Waals surface area contributed by atoms with Crippen LogP contribution in [0.4, 0.5) is 0 Å². The Labute approximate surface area is 136 Å². The minimum absolute atomic E-state index is 0.0736. The quantitative estimate of drug-likeness (QED) is 0.803. The maximum atomic E-state index is 11.6. The highest BCUT2D eigenvalue weighted by atomic mass is 32.1. The topological polar surface area (TPSA) is 71.2 Å². The maximum absolute atomic E-state index is 11.6. The van der Waals surface area contributed by atoms with E-state index >= 15 is 0 Å².